The first-order valence-corrected chi connectivity index (χ1v) is 11.1. The van der Waals surface area contributed by atoms with Crippen LogP contribution >= 0.6 is 11.6 Å². The molecule has 196 valence electrons. The number of ether oxygens (including phenoxy) is 1. The lowest BCUT2D eigenvalue weighted by Crippen LogP contribution is -2.19. The number of alkyl halides is 3. The first kappa shape index (κ1) is 26.4. The van der Waals surface area contributed by atoms with Crippen LogP contribution < -0.4 is 10.1 Å². The lowest BCUT2D eigenvalue weighted by molar-refractivity contribution is -0.140. The van der Waals surface area contributed by atoms with Gasteiger partial charge in [0.2, 0.25) is 0 Å². The summed E-state index contributed by atoms with van der Waals surface area (Å²) in [4.78, 5) is 17.4. The topological polar surface area (TPSA) is 93.7 Å². The molecule has 1 amide bonds. The minimum absolute atomic E-state index is 0.0137. The third-order valence-electron chi connectivity index (χ3n) is 5.50. The number of benzene rings is 1. The van der Waals surface area contributed by atoms with Crippen LogP contribution in [0.25, 0.3) is 5.65 Å². The number of amides is 1. The number of rotatable bonds is 7. The first-order valence-electron chi connectivity index (χ1n) is 10.7. The number of anilines is 1. The molecule has 3 heterocycles. The van der Waals surface area contributed by atoms with Gasteiger partial charge in [0, 0.05) is 12.3 Å². The molecule has 0 unspecified atom stereocenters. The van der Waals surface area contributed by atoms with E-state index in [0.29, 0.717) is 0 Å². The van der Waals surface area contributed by atoms with Crippen molar-refractivity contribution in [3.8, 4) is 5.75 Å². The van der Waals surface area contributed by atoms with E-state index in [-0.39, 0.29) is 45.6 Å². The summed E-state index contributed by atoms with van der Waals surface area (Å²) in [5.41, 5.74) is -2.24. The molecule has 1 aromatic carbocycles. The Hall–Kier alpha value is -3.71. The minimum atomic E-state index is -4.88. The molecular formula is C23H19ClF5N5O3. The number of carbonyl (C=O) groups is 1. The number of carbonyl (C=O) groups excluding carboxylic acids is 1. The molecule has 0 bridgehead atoms. The predicted molar refractivity (Wildman–Crippen MR) is 123 cm³/mol. The van der Waals surface area contributed by atoms with Crippen molar-refractivity contribution in [3.63, 3.8) is 0 Å². The van der Waals surface area contributed by atoms with Crippen molar-refractivity contribution in [1.29, 1.82) is 0 Å². The number of fused-ring (bicyclic) bond motifs is 1. The third kappa shape index (κ3) is 5.09. The molecule has 0 radical (unpaired) electrons. The van der Waals surface area contributed by atoms with Gasteiger partial charge in [-0.2, -0.15) is 18.3 Å². The number of hydrogen-bond acceptors (Lipinski definition) is 5. The first-order chi connectivity index (χ1) is 17.4. The fraction of sp³-hybridized carbons (Fsp3) is 0.261. The van der Waals surface area contributed by atoms with Gasteiger partial charge in [0.15, 0.2) is 17.1 Å². The van der Waals surface area contributed by atoms with Crippen LogP contribution in [0.4, 0.5) is 27.6 Å². The summed E-state index contributed by atoms with van der Waals surface area (Å²) < 4.78 is 76.5. The van der Waals surface area contributed by atoms with Gasteiger partial charge < -0.3 is 15.2 Å². The number of aryl methyl sites for hydroxylation is 1. The molecule has 0 saturated carbocycles. The van der Waals surface area contributed by atoms with Gasteiger partial charge in [-0.05, 0) is 26.0 Å². The van der Waals surface area contributed by atoms with Crippen molar-refractivity contribution in [1.82, 2.24) is 19.2 Å². The second kappa shape index (κ2) is 9.98. The van der Waals surface area contributed by atoms with Crippen LogP contribution in [0.3, 0.4) is 0 Å². The Balaban J connectivity index is 1.72. The number of pyridine rings is 1. The maximum absolute atomic E-state index is 14.0. The number of imidazole rings is 1. The molecule has 2 N–H and O–H groups in total. The van der Waals surface area contributed by atoms with E-state index in [0.717, 1.165) is 16.8 Å². The SMILES string of the molecule is Cc1nc2c(OCc3c(F)cccc3F)cc(Cl)cn2c1C(=O)Nc1c(C(F)(F)F)nn(CCO)c1C. The van der Waals surface area contributed by atoms with E-state index < -0.39 is 48.3 Å². The number of aromatic nitrogens is 4. The maximum Gasteiger partial charge on any atom is 0.437 e. The van der Waals surface area contributed by atoms with E-state index in [1.54, 1.807) is 0 Å². The molecule has 4 aromatic rings. The Bertz CT molecular complexity index is 1480. The van der Waals surface area contributed by atoms with Gasteiger partial charge >= 0.3 is 6.18 Å². The molecule has 0 aliphatic rings. The van der Waals surface area contributed by atoms with Crippen LogP contribution in [0.2, 0.25) is 5.02 Å². The smallest absolute Gasteiger partial charge is 0.437 e. The predicted octanol–water partition coefficient (Wildman–Crippen LogP) is 4.92. The zero-order valence-corrected chi connectivity index (χ0v) is 20.1. The van der Waals surface area contributed by atoms with E-state index in [9.17, 15) is 26.7 Å². The van der Waals surface area contributed by atoms with Crippen molar-refractivity contribution in [3.05, 3.63) is 75.5 Å². The Morgan fingerprint density at radius 3 is 2.51 bits per heavy atom. The van der Waals surface area contributed by atoms with E-state index in [2.05, 4.69) is 15.4 Å². The van der Waals surface area contributed by atoms with Gasteiger partial charge in [-0.15, -0.1) is 0 Å². The summed E-state index contributed by atoms with van der Waals surface area (Å²) in [7, 11) is 0. The Labute approximate surface area is 211 Å². The van der Waals surface area contributed by atoms with Crippen LogP contribution in [-0.4, -0.2) is 36.8 Å². The van der Waals surface area contributed by atoms with E-state index >= 15 is 0 Å². The summed E-state index contributed by atoms with van der Waals surface area (Å²) in [5, 5.41) is 14.9. The number of nitrogens with zero attached hydrogens (tertiary/aromatic N) is 4. The number of hydrogen-bond donors (Lipinski definition) is 2. The average Bonchev–Trinajstić information content (AvgIpc) is 3.30. The van der Waals surface area contributed by atoms with Crippen molar-refractivity contribution in [2.24, 2.45) is 0 Å². The molecule has 3 aromatic heterocycles. The van der Waals surface area contributed by atoms with Gasteiger partial charge in [-0.1, -0.05) is 17.7 Å². The summed E-state index contributed by atoms with van der Waals surface area (Å²) in [6.45, 7) is 1.58. The van der Waals surface area contributed by atoms with Crippen LogP contribution in [-0.2, 0) is 19.3 Å². The summed E-state index contributed by atoms with van der Waals surface area (Å²) in [6, 6.07) is 4.66. The zero-order valence-electron chi connectivity index (χ0n) is 19.3. The van der Waals surface area contributed by atoms with E-state index in [1.165, 1.54) is 36.6 Å². The fourth-order valence-corrected chi connectivity index (χ4v) is 3.97. The quantitative estimate of drug-likeness (QED) is 0.323. The van der Waals surface area contributed by atoms with Crippen molar-refractivity contribution in [2.45, 2.75) is 33.2 Å². The highest BCUT2D eigenvalue weighted by Gasteiger charge is 2.39. The van der Waals surface area contributed by atoms with Gasteiger partial charge in [-0.25, -0.2) is 13.8 Å². The lowest BCUT2D eigenvalue weighted by atomic mass is 10.2. The molecule has 0 atom stereocenters. The highest BCUT2D eigenvalue weighted by atomic mass is 35.5. The largest absolute Gasteiger partial charge is 0.485 e. The summed E-state index contributed by atoms with van der Waals surface area (Å²) in [6.07, 6.45) is -3.58. The molecule has 0 aliphatic heterocycles. The molecule has 0 fully saturated rings. The van der Waals surface area contributed by atoms with Crippen LogP contribution in [0.1, 0.15) is 33.1 Å². The fourth-order valence-electron chi connectivity index (χ4n) is 3.78. The molecule has 8 nitrogen and oxygen atoms in total. The van der Waals surface area contributed by atoms with E-state index in [4.69, 9.17) is 21.4 Å². The molecule has 37 heavy (non-hydrogen) atoms. The van der Waals surface area contributed by atoms with Crippen molar-refractivity contribution < 1.29 is 36.6 Å². The number of aliphatic hydroxyl groups is 1. The number of nitrogens with one attached hydrogen (secondary N) is 1. The molecule has 0 aliphatic carbocycles. The van der Waals surface area contributed by atoms with Gasteiger partial charge in [0.1, 0.15) is 23.9 Å². The molecule has 0 saturated heterocycles. The Morgan fingerprint density at radius 1 is 1.22 bits per heavy atom. The van der Waals surface area contributed by atoms with E-state index in [1.807, 2.05) is 0 Å². The Morgan fingerprint density at radius 2 is 1.89 bits per heavy atom. The van der Waals surface area contributed by atoms with Crippen molar-refractivity contribution in [2.75, 3.05) is 11.9 Å². The monoisotopic (exact) mass is 543 g/mol. The van der Waals surface area contributed by atoms with Gasteiger partial charge in [-0.3, -0.25) is 13.9 Å². The normalized spacial score (nSPS) is 11.8. The standard InChI is InChI=1S/C23H19ClF5N5O3/c1-11-19(22(36)31-18-12(2)34(6-7-35)32-20(18)23(27,28)29)33-9-13(24)8-17(21(33)30-11)37-10-14-15(25)4-3-5-16(14)26/h3-5,8-9,35H,6-7,10H2,1-2H3,(H,31,36). The molecular weight excluding hydrogens is 525 g/mol. The summed E-state index contributed by atoms with van der Waals surface area (Å²) in [5.74, 6) is -2.61. The van der Waals surface area contributed by atoms with Gasteiger partial charge in [0.25, 0.3) is 5.91 Å². The van der Waals surface area contributed by atoms with Crippen molar-refractivity contribution >= 4 is 28.8 Å². The minimum Gasteiger partial charge on any atom is -0.485 e. The van der Waals surface area contributed by atoms with Crippen LogP contribution in [0, 0.1) is 25.5 Å². The average molecular weight is 544 g/mol. The third-order valence-corrected chi connectivity index (χ3v) is 5.71. The lowest BCUT2D eigenvalue weighted by Gasteiger charge is -2.11. The maximum atomic E-state index is 14.0. The molecule has 4 rings (SSSR count). The molecule has 14 heteroatoms. The Kier molecular flexibility index (Phi) is 7.11. The van der Waals surface area contributed by atoms with Gasteiger partial charge in [0.05, 0.1) is 40.8 Å². The zero-order chi connectivity index (χ0) is 27.1. The second-order valence-corrected chi connectivity index (χ2v) is 8.39. The second-order valence-electron chi connectivity index (χ2n) is 7.96. The van der Waals surface area contributed by atoms with Crippen LogP contribution in [0.5, 0.6) is 5.75 Å². The molecule has 0 spiro atoms. The number of aliphatic hydroxyl groups excluding tert-OH is 1. The number of halogens is 6. The van der Waals surface area contributed by atoms with Crippen LogP contribution in [0.15, 0.2) is 30.5 Å². The highest BCUT2D eigenvalue weighted by molar-refractivity contribution is 6.30. The summed E-state index contributed by atoms with van der Waals surface area (Å²) >= 11 is 6.17. The highest BCUT2D eigenvalue weighted by Crippen LogP contribution is 2.36.